The number of para-hydroxylation sites is 1. The summed E-state index contributed by atoms with van der Waals surface area (Å²) in [5.41, 5.74) is 13.9. The fourth-order valence-corrected chi connectivity index (χ4v) is 7.29. The molecule has 212 valence electrons. The zero-order valence-corrected chi connectivity index (χ0v) is 24.8. The van der Waals surface area contributed by atoms with Crippen molar-refractivity contribution in [2.75, 3.05) is 0 Å². The number of fused-ring (bicyclic) bond motifs is 7. The second-order valence-electron chi connectivity index (χ2n) is 11.7. The van der Waals surface area contributed by atoms with E-state index in [0.29, 0.717) is 0 Å². The normalized spacial score (nSPS) is 13.4. The summed E-state index contributed by atoms with van der Waals surface area (Å²) in [6.45, 7) is 7.88. The van der Waals surface area contributed by atoms with E-state index in [2.05, 4.69) is 138 Å². The maximum absolute atomic E-state index is 4.00. The van der Waals surface area contributed by atoms with E-state index in [1.54, 1.807) is 0 Å². The van der Waals surface area contributed by atoms with Gasteiger partial charge in [-0.2, -0.15) is 0 Å². The molecule has 0 saturated carbocycles. The molecule has 2 heteroatoms. The number of rotatable bonds is 6. The highest BCUT2D eigenvalue weighted by Crippen LogP contribution is 2.43. The van der Waals surface area contributed by atoms with Crippen molar-refractivity contribution in [2.45, 2.75) is 25.7 Å². The molecule has 0 N–H and O–H groups in total. The minimum atomic E-state index is 1.08. The predicted octanol–water partition coefficient (Wildman–Crippen LogP) is 11.0. The van der Waals surface area contributed by atoms with Crippen LogP contribution in [0.4, 0.5) is 0 Å². The lowest BCUT2D eigenvalue weighted by molar-refractivity contribution is 0.667. The molecule has 0 saturated heterocycles. The van der Waals surface area contributed by atoms with Gasteiger partial charge >= 0.3 is 0 Å². The lowest BCUT2D eigenvalue weighted by atomic mass is 9.94. The molecule has 2 heterocycles. The van der Waals surface area contributed by atoms with Gasteiger partial charge in [0, 0.05) is 33.2 Å². The number of hydrogen-bond acceptors (Lipinski definition) is 0. The van der Waals surface area contributed by atoms with Gasteiger partial charge in [0.15, 0.2) is 0 Å². The topological polar surface area (TPSA) is 9.86 Å². The predicted molar refractivity (Wildman–Crippen MR) is 188 cm³/mol. The molecular weight excluding hydrogens is 532 g/mol. The van der Waals surface area contributed by atoms with Crippen molar-refractivity contribution in [3.8, 4) is 22.5 Å². The molecule has 0 aliphatic heterocycles. The first kappa shape index (κ1) is 26.3. The SMILES string of the molecule is C=C/C=C(\C=C)c1ccc(-n2c3c(c4c2ccc2c5ccccc5n(-c5ccc(-c6ccccc6)cc5)c24)CCCC3)cc1. The van der Waals surface area contributed by atoms with Crippen LogP contribution in [0, 0.1) is 0 Å². The summed E-state index contributed by atoms with van der Waals surface area (Å²) in [6.07, 6.45) is 10.4. The van der Waals surface area contributed by atoms with Crippen molar-refractivity contribution in [1.29, 1.82) is 0 Å². The lowest BCUT2D eigenvalue weighted by Crippen LogP contribution is -2.07. The van der Waals surface area contributed by atoms with E-state index in [9.17, 15) is 0 Å². The highest BCUT2D eigenvalue weighted by molar-refractivity contribution is 6.19. The molecule has 0 amide bonds. The number of benzene rings is 5. The Bertz CT molecular complexity index is 2220. The van der Waals surface area contributed by atoms with Crippen molar-refractivity contribution in [2.24, 2.45) is 0 Å². The van der Waals surface area contributed by atoms with Crippen molar-refractivity contribution in [1.82, 2.24) is 9.13 Å². The molecule has 0 fully saturated rings. The number of nitrogens with zero attached hydrogens (tertiary/aromatic N) is 2. The van der Waals surface area contributed by atoms with Gasteiger partial charge in [-0.25, -0.2) is 0 Å². The van der Waals surface area contributed by atoms with Gasteiger partial charge < -0.3 is 9.13 Å². The molecule has 0 radical (unpaired) electrons. The van der Waals surface area contributed by atoms with E-state index in [1.165, 1.54) is 79.3 Å². The third kappa shape index (κ3) is 4.10. The van der Waals surface area contributed by atoms with Crippen LogP contribution in [0.5, 0.6) is 0 Å². The van der Waals surface area contributed by atoms with Gasteiger partial charge in [0.1, 0.15) is 0 Å². The van der Waals surface area contributed by atoms with Crippen molar-refractivity contribution >= 4 is 38.3 Å². The lowest BCUT2D eigenvalue weighted by Gasteiger charge is -2.16. The van der Waals surface area contributed by atoms with Gasteiger partial charge in [0.25, 0.3) is 0 Å². The number of aromatic nitrogens is 2. The van der Waals surface area contributed by atoms with Gasteiger partial charge in [-0.3, -0.25) is 0 Å². The van der Waals surface area contributed by atoms with Crippen LogP contribution in [-0.2, 0) is 12.8 Å². The van der Waals surface area contributed by atoms with Crippen LogP contribution >= 0.6 is 0 Å². The Morgan fingerprint density at radius 1 is 0.591 bits per heavy atom. The summed E-state index contributed by atoms with van der Waals surface area (Å²) < 4.78 is 5.03. The molecule has 7 aromatic rings. The van der Waals surface area contributed by atoms with Crippen LogP contribution in [0.2, 0.25) is 0 Å². The van der Waals surface area contributed by atoms with Crippen LogP contribution in [-0.4, -0.2) is 9.13 Å². The van der Waals surface area contributed by atoms with Gasteiger partial charge in [0.2, 0.25) is 0 Å². The fourth-order valence-electron chi connectivity index (χ4n) is 7.29. The second-order valence-corrected chi connectivity index (χ2v) is 11.7. The number of aryl methyl sites for hydroxylation is 1. The van der Waals surface area contributed by atoms with E-state index in [-0.39, 0.29) is 0 Å². The molecule has 0 atom stereocenters. The first-order valence-corrected chi connectivity index (χ1v) is 15.6. The quantitative estimate of drug-likeness (QED) is 0.177. The van der Waals surface area contributed by atoms with Gasteiger partial charge in [0.05, 0.1) is 16.6 Å². The molecular formula is C42H34N2. The largest absolute Gasteiger partial charge is 0.313 e. The van der Waals surface area contributed by atoms with Crippen LogP contribution < -0.4 is 0 Å². The highest BCUT2D eigenvalue weighted by atomic mass is 15.0. The Labute approximate surface area is 258 Å². The van der Waals surface area contributed by atoms with Crippen LogP contribution in [0.3, 0.4) is 0 Å². The molecule has 2 aromatic heterocycles. The minimum absolute atomic E-state index is 1.08. The van der Waals surface area contributed by atoms with Crippen LogP contribution in [0.25, 0.3) is 60.8 Å². The highest BCUT2D eigenvalue weighted by Gasteiger charge is 2.25. The first-order valence-electron chi connectivity index (χ1n) is 15.6. The third-order valence-electron chi connectivity index (χ3n) is 9.27. The molecule has 44 heavy (non-hydrogen) atoms. The van der Waals surface area contributed by atoms with E-state index >= 15 is 0 Å². The molecule has 5 aromatic carbocycles. The molecule has 8 rings (SSSR count). The van der Waals surface area contributed by atoms with E-state index < -0.39 is 0 Å². The second kappa shape index (κ2) is 10.7. The fraction of sp³-hybridized carbons (Fsp3) is 0.0952. The zero-order chi connectivity index (χ0) is 29.6. The van der Waals surface area contributed by atoms with E-state index in [1.807, 2.05) is 18.2 Å². The first-order chi connectivity index (χ1) is 21.8. The van der Waals surface area contributed by atoms with Crippen LogP contribution in [0.15, 0.2) is 147 Å². The monoisotopic (exact) mass is 566 g/mol. The smallest absolute Gasteiger partial charge is 0.0637 e. The van der Waals surface area contributed by atoms with E-state index in [4.69, 9.17) is 0 Å². The van der Waals surface area contributed by atoms with Crippen molar-refractivity contribution < 1.29 is 0 Å². The number of hydrogen-bond donors (Lipinski definition) is 0. The molecule has 1 aliphatic carbocycles. The Morgan fingerprint density at radius 2 is 1.27 bits per heavy atom. The average molecular weight is 567 g/mol. The summed E-state index contributed by atoms with van der Waals surface area (Å²) in [6, 6.07) is 42.2. The molecule has 1 aliphatic rings. The molecule has 0 unspecified atom stereocenters. The van der Waals surface area contributed by atoms with Gasteiger partial charge in [-0.05, 0) is 89.9 Å². The Kier molecular flexibility index (Phi) is 6.42. The third-order valence-corrected chi connectivity index (χ3v) is 9.27. The Hall–Kier alpha value is -5.34. The molecule has 0 spiro atoms. The summed E-state index contributed by atoms with van der Waals surface area (Å²) >= 11 is 0. The minimum Gasteiger partial charge on any atom is -0.313 e. The molecule has 0 bridgehead atoms. The Balaban J connectivity index is 1.39. The van der Waals surface area contributed by atoms with Gasteiger partial charge in [-0.1, -0.05) is 110 Å². The van der Waals surface area contributed by atoms with Gasteiger partial charge in [-0.15, -0.1) is 0 Å². The van der Waals surface area contributed by atoms with Crippen molar-refractivity contribution in [3.63, 3.8) is 0 Å². The summed E-state index contributed by atoms with van der Waals surface area (Å²) in [5.74, 6) is 0. The average Bonchev–Trinajstić information content (AvgIpc) is 3.61. The summed E-state index contributed by atoms with van der Waals surface area (Å²) in [4.78, 5) is 0. The van der Waals surface area contributed by atoms with Crippen LogP contribution in [0.1, 0.15) is 29.7 Å². The number of allylic oxidation sites excluding steroid dienone is 4. The van der Waals surface area contributed by atoms with Crippen molar-refractivity contribution in [3.05, 3.63) is 163 Å². The summed E-state index contributed by atoms with van der Waals surface area (Å²) in [7, 11) is 0. The summed E-state index contributed by atoms with van der Waals surface area (Å²) in [5, 5.41) is 4.00. The van der Waals surface area contributed by atoms with E-state index in [0.717, 1.165) is 24.0 Å². The zero-order valence-electron chi connectivity index (χ0n) is 24.8. The maximum atomic E-state index is 4.00. The maximum Gasteiger partial charge on any atom is 0.0637 e. The Morgan fingerprint density at radius 3 is 2.05 bits per heavy atom. The molecule has 2 nitrogen and oxygen atoms in total. The standard InChI is InChI=1S/C42H34N2/c1-3-12-29(4-2)31-19-23-33(24-20-31)43-39-18-11-9-16-37(39)41-40(43)28-27-36-35-15-8-10-17-38(35)44(42(36)41)34-25-21-32(22-26-34)30-13-6-5-7-14-30/h3-8,10,12-15,17,19-28H,1-2,9,11,16,18H2/b29-12+.